The van der Waals surface area contributed by atoms with Crippen molar-refractivity contribution in [2.24, 2.45) is 35.0 Å². The molecule has 0 aromatic rings. The third kappa shape index (κ3) is 3.49. The molecule has 6 rings (SSSR count). The molecule has 4 aliphatic carbocycles. The molecule has 0 bridgehead atoms. The molecule has 2 saturated carbocycles. The van der Waals surface area contributed by atoms with Gasteiger partial charge in [0.2, 0.25) is 5.91 Å². The molecule has 0 aromatic carbocycles. The minimum absolute atomic E-state index is 0.00334. The Morgan fingerprint density at radius 2 is 1.92 bits per heavy atom. The van der Waals surface area contributed by atoms with Gasteiger partial charge in [0.1, 0.15) is 6.10 Å². The Labute approximate surface area is 221 Å². The van der Waals surface area contributed by atoms with Crippen molar-refractivity contribution in [3.05, 3.63) is 22.8 Å². The number of carbonyl (C=O) groups is 3. The first-order chi connectivity index (χ1) is 17.5. The zero-order chi connectivity index (χ0) is 26.4. The normalized spacial score (nSPS) is 46.7. The first kappa shape index (κ1) is 25.3. The molecule has 0 N–H and O–H groups in total. The average Bonchev–Trinajstić information content (AvgIpc) is 3.28. The molecule has 2 saturated heterocycles. The predicted octanol–water partition coefficient (Wildman–Crippen LogP) is 5.01. The highest BCUT2D eigenvalue weighted by Crippen LogP contribution is 2.64. The number of hydrogen-bond acceptors (Lipinski definition) is 5. The summed E-state index contributed by atoms with van der Waals surface area (Å²) in [7, 11) is 0. The lowest BCUT2D eigenvalue weighted by atomic mass is 9.56. The van der Waals surface area contributed by atoms with E-state index in [0.29, 0.717) is 23.5 Å². The van der Waals surface area contributed by atoms with E-state index in [0.717, 1.165) is 62.6 Å². The fourth-order valence-corrected chi connectivity index (χ4v) is 9.83. The molecular formula is C31H43NO5. The van der Waals surface area contributed by atoms with Gasteiger partial charge in [-0.05, 0) is 74.2 Å². The van der Waals surface area contributed by atoms with Crippen LogP contribution in [0.3, 0.4) is 0 Å². The van der Waals surface area contributed by atoms with Gasteiger partial charge in [-0.2, -0.15) is 0 Å². The number of likely N-dealkylation sites (tertiary alicyclic amines) is 1. The number of ether oxygens (including phenoxy) is 2. The van der Waals surface area contributed by atoms with E-state index in [1.807, 2.05) is 0 Å². The molecule has 4 fully saturated rings. The Balaban J connectivity index is 1.34. The number of carbonyl (C=O) groups excluding carboxylic acids is 3. The molecule has 0 unspecified atom stereocenters. The van der Waals surface area contributed by atoms with Crippen molar-refractivity contribution in [3.8, 4) is 0 Å². The van der Waals surface area contributed by atoms with Gasteiger partial charge in [0, 0.05) is 44.2 Å². The maximum atomic E-state index is 14.4. The molecular weight excluding hydrogens is 466 g/mol. The van der Waals surface area contributed by atoms with Crippen LogP contribution in [0.5, 0.6) is 0 Å². The van der Waals surface area contributed by atoms with E-state index in [1.165, 1.54) is 12.5 Å². The lowest BCUT2D eigenvalue weighted by molar-refractivity contribution is -0.148. The first-order valence-electron chi connectivity index (χ1n) is 14.5. The molecule has 37 heavy (non-hydrogen) atoms. The lowest BCUT2D eigenvalue weighted by Gasteiger charge is -2.48. The van der Waals surface area contributed by atoms with E-state index >= 15 is 0 Å². The zero-order valence-electron chi connectivity index (χ0n) is 23.3. The maximum Gasteiger partial charge on any atom is 0.302 e. The predicted molar refractivity (Wildman–Crippen MR) is 139 cm³/mol. The summed E-state index contributed by atoms with van der Waals surface area (Å²) in [6.07, 6.45) is 8.61. The quantitative estimate of drug-likeness (QED) is 0.367. The first-order valence-corrected chi connectivity index (χ1v) is 14.5. The highest BCUT2D eigenvalue weighted by atomic mass is 16.5. The fourth-order valence-electron chi connectivity index (χ4n) is 9.83. The molecule has 6 nitrogen and oxygen atoms in total. The van der Waals surface area contributed by atoms with Crippen LogP contribution < -0.4 is 0 Å². The molecule has 10 atom stereocenters. The number of hydrogen-bond donors (Lipinski definition) is 0. The molecule has 2 heterocycles. The van der Waals surface area contributed by atoms with Crippen LogP contribution in [0.2, 0.25) is 0 Å². The van der Waals surface area contributed by atoms with Gasteiger partial charge in [0.15, 0.2) is 5.78 Å². The number of Topliss-reactive ketones (excluding diaryl/α,β-unsaturated/α-hetero) is 1. The zero-order valence-corrected chi connectivity index (χ0v) is 23.3. The summed E-state index contributed by atoms with van der Waals surface area (Å²) in [6, 6.07) is 0.0851. The van der Waals surface area contributed by atoms with Gasteiger partial charge < -0.3 is 14.4 Å². The summed E-state index contributed by atoms with van der Waals surface area (Å²) >= 11 is 0. The monoisotopic (exact) mass is 509 g/mol. The van der Waals surface area contributed by atoms with Crippen LogP contribution in [-0.2, 0) is 23.9 Å². The third-order valence-corrected chi connectivity index (χ3v) is 11.4. The second kappa shape index (κ2) is 8.53. The smallest absolute Gasteiger partial charge is 0.302 e. The van der Waals surface area contributed by atoms with Gasteiger partial charge in [0.05, 0.1) is 17.7 Å². The second-order valence-electron chi connectivity index (χ2n) is 13.4. The van der Waals surface area contributed by atoms with E-state index in [1.54, 1.807) is 6.92 Å². The Morgan fingerprint density at radius 3 is 2.62 bits per heavy atom. The number of rotatable bonds is 1. The molecule has 1 amide bonds. The summed E-state index contributed by atoms with van der Waals surface area (Å²) < 4.78 is 12.6. The van der Waals surface area contributed by atoms with Gasteiger partial charge in [0.25, 0.3) is 0 Å². The van der Waals surface area contributed by atoms with Gasteiger partial charge in [-0.15, -0.1) is 0 Å². The van der Waals surface area contributed by atoms with Crippen molar-refractivity contribution in [1.29, 1.82) is 0 Å². The van der Waals surface area contributed by atoms with Crippen molar-refractivity contribution in [2.75, 3.05) is 6.54 Å². The number of piperidine rings is 1. The Morgan fingerprint density at radius 1 is 1.16 bits per heavy atom. The second-order valence-corrected chi connectivity index (χ2v) is 13.4. The van der Waals surface area contributed by atoms with Crippen LogP contribution in [0, 0.1) is 35.0 Å². The molecule has 6 heteroatoms. The van der Waals surface area contributed by atoms with E-state index in [9.17, 15) is 14.4 Å². The minimum Gasteiger partial charge on any atom is -0.462 e. The van der Waals surface area contributed by atoms with Crippen molar-refractivity contribution in [2.45, 2.75) is 110 Å². The van der Waals surface area contributed by atoms with E-state index in [2.05, 4.69) is 38.7 Å². The molecule has 0 aromatic heterocycles. The van der Waals surface area contributed by atoms with Crippen LogP contribution in [0.1, 0.15) is 86.5 Å². The number of fused-ring (bicyclic) bond motifs is 6. The average molecular weight is 510 g/mol. The highest BCUT2D eigenvalue weighted by Gasteiger charge is 2.64. The highest BCUT2D eigenvalue weighted by molar-refractivity contribution is 6.02. The minimum atomic E-state index is -0.452. The van der Waals surface area contributed by atoms with E-state index < -0.39 is 5.60 Å². The number of ketones is 1. The number of nitrogens with zero attached hydrogens (tertiary/aromatic N) is 1. The topological polar surface area (TPSA) is 72.9 Å². The van der Waals surface area contributed by atoms with Crippen LogP contribution in [0.15, 0.2) is 22.8 Å². The van der Waals surface area contributed by atoms with Crippen LogP contribution in [0.4, 0.5) is 0 Å². The van der Waals surface area contributed by atoms with Crippen LogP contribution in [0.25, 0.3) is 0 Å². The summed E-state index contributed by atoms with van der Waals surface area (Å²) in [5, 5.41) is 0. The molecule has 1 spiro atoms. The summed E-state index contributed by atoms with van der Waals surface area (Å²) in [5.74, 6) is 1.48. The standard InChI is InChI=1S/C31H43NO5/c1-16-13-25-28(32(15-16)19(4)33)18(3)31(37-25)12-10-23-24-8-7-21-14-22(36-20(5)34)9-11-30(21,6)27(24)29(35)26(23)17(31)2/h7,16,18,22-25,27-28H,8-15H2,1-6H3/t16-,18+,22-,23-,24-,25+,27+,28-,30-,31-/m0/s1. The Hall–Kier alpha value is -1.95. The van der Waals surface area contributed by atoms with Gasteiger partial charge in [-0.3, -0.25) is 14.4 Å². The maximum absolute atomic E-state index is 14.4. The van der Waals surface area contributed by atoms with Crippen molar-refractivity contribution in [3.63, 3.8) is 0 Å². The summed E-state index contributed by atoms with van der Waals surface area (Å²) in [4.78, 5) is 40.6. The van der Waals surface area contributed by atoms with Crippen LogP contribution in [-0.4, -0.2) is 53.0 Å². The van der Waals surface area contributed by atoms with Gasteiger partial charge >= 0.3 is 5.97 Å². The lowest BCUT2D eigenvalue weighted by Crippen LogP contribution is -2.53. The van der Waals surface area contributed by atoms with E-state index in [-0.39, 0.29) is 47.4 Å². The Bertz CT molecular complexity index is 1110. The van der Waals surface area contributed by atoms with Crippen molar-refractivity contribution in [1.82, 2.24) is 4.90 Å². The van der Waals surface area contributed by atoms with E-state index in [4.69, 9.17) is 9.47 Å². The molecule has 6 aliphatic rings. The molecule has 2 aliphatic heterocycles. The summed E-state index contributed by atoms with van der Waals surface area (Å²) in [5.41, 5.74) is 2.90. The SMILES string of the molecule is CC(=O)O[C@H]1CC[C@@]2(C)C(=CC[C@H]3[C@@H]4CC[C@]5(O[C@@H]6C[C@H](C)CN(C(C)=O)[C@H]6[C@H]5C)C(C)=C4C(=O)[C@@H]32)C1. The van der Waals surface area contributed by atoms with Gasteiger partial charge in [-0.25, -0.2) is 0 Å². The van der Waals surface area contributed by atoms with Crippen molar-refractivity contribution < 1.29 is 23.9 Å². The third-order valence-electron chi connectivity index (χ3n) is 11.4. The van der Waals surface area contributed by atoms with Crippen molar-refractivity contribution >= 4 is 17.7 Å². The number of amides is 1. The Kier molecular flexibility index (Phi) is 5.84. The largest absolute Gasteiger partial charge is 0.462 e. The van der Waals surface area contributed by atoms with Crippen LogP contribution >= 0.6 is 0 Å². The number of esters is 1. The van der Waals surface area contributed by atoms with Gasteiger partial charge in [-0.1, -0.05) is 32.4 Å². The summed E-state index contributed by atoms with van der Waals surface area (Å²) in [6.45, 7) is 12.9. The molecule has 202 valence electrons. The fraction of sp³-hybridized carbons (Fsp3) is 0.774. The molecule has 0 radical (unpaired) electrons. The number of allylic oxidation sites excluding steroid dienone is 2.